The number of ether oxygens (including phenoxy) is 1. The van der Waals surface area contributed by atoms with Crippen molar-refractivity contribution in [3.05, 3.63) is 119 Å². The number of benzene rings is 3. The molecule has 3 N–H and O–H groups in total. The van der Waals surface area contributed by atoms with Crippen molar-refractivity contribution in [2.24, 2.45) is 0 Å². The lowest BCUT2D eigenvalue weighted by molar-refractivity contribution is -0.212. The summed E-state index contributed by atoms with van der Waals surface area (Å²) in [5.41, 5.74) is 0.459. The molecule has 0 aliphatic rings. The van der Waals surface area contributed by atoms with E-state index in [9.17, 15) is 32.7 Å². The lowest BCUT2D eigenvalue weighted by Crippen LogP contribution is -2.52. The Bertz CT molecular complexity index is 1550. The van der Waals surface area contributed by atoms with Crippen molar-refractivity contribution < 1.29 is 32.6 Å². The van der Waals surface area contributed by atoms with E-state index in [0.29, 0.717) is 16.7 Å². The molecule has 0 fully saturated rings. The molecular formula is C30H27F3N4O5. The Balaban J connectivity index is 1.58. The zero-order chi connectivity index (χ0) is 30.1. The van der Waals surface area contributed by atoms with Crippen molar-refractivity contribution in [2.45, 2.75) is 37.9 Å². The third-order valence-electron chi connectivity index (χ3n) is 6.19. The molecule has 1 heterocycles. The first-order chi connectivity index (χ1) is 20.1. The molecule has 2 amide bonds. The summed E-state index contributed by atoms with van der Waals surface area (Å²) < 4.78 is 46.4. The summed E-state index contributed by atoms with van der Waals surface area (Å²) in [5, 5.41) is 14.5. The van der Waals surface area contributed by atoms with Gasteiger partial charge >= 0.3 is 12.3 Å². The molecule has 0 saturated carbocycles. The average Bonchev–Trinajstić information content (AvgIpc) is 2.98. The summed E-state index contributed by atoms with van der Waals surface area (Å²) in [6.07, 6.45) is -8.03. The number of amides is 2. The van der Waals surface area contributed by atoms with Gasteiger partial charge in [0.15, 0.2) is 6.10 Å². The number of nitrogens with zero attached hydrogens (tertiary/aromatic N) is 2. The number of halogens is 3. The molecule has 2 atom stereocenters. The third-order valence-corrected chi connectivity index (χ3v) is 6.19. The predicted octanol–water partition coefficient (Wildman–Crippen LogP) is 4.31. The minimum Gasteiger partial charge on any atom is -0.444 e. The summed E-state index contributed by atoms with van der Waals surface area (Å²) in [5.74, 6) is -0.945. The van der Waals surface area contributed by atoms with E-state index in [0.717, 1.165) is 10.8 Å². The highest BCUT2D eigenvalue weighted by Gasteiger charge is 2.44. The van der Waals surface area contributed by atoms with Gasteiger partial charge < -0.3 is 15.2 Å². The predicted molar refractivity (Wildman–Crippen MR) is 148 cm³/mol. The number of nitrogens with one attached hydrogen (secondary N) is 2. The van der Waals surface area contributed by atoms with Crippen LogP contribution in [0, 0.1) is 0 Å². The second-order valence-corrected chi connectivity index (χ2v) is 9.29. The molecular weight excluding hydrogens is 553 g/mol. The number of rotatable bonds is 10. The molecule has 12 heteroatoms. The van der Waals surface area contributed by atoms with E-state index in [1.807, 2.05) is 0 Å². The Morgan fingerprint density at radius 2 is 1.48 bits per heavy atom. The van der Waals surface area contributed by atoms with E-state index in [-0.39, 0.29) is 24.5 Å². The molecule has 218 valence electrons. The second kappa shape index (κ2) is 13.6. The highest BCUT2D eigenvalue weighted by molar-refractivity contribution is 5.84. The monoisotopic (exact) mass is 580 g/mol. The number of carbonyl (C=O) groups excluding carboxylic acids is 2. The van der Waals surface area contributed by atoms with Gasteiger partial charge in [0, 0.05) is 5.56 Å². The molecule has 1 aromatic heterocycles. The van der Waals surface area contributed by atoms with Crippen LogP contribution in [0.15, 0.2) is 102 Å². The number of carbonyl (C=O) groups is 2. The van der Waals surface area contributed by atoms with Crippen LogP contribution in [0.2, 0.25) is 0 Å². The number of hydrogen-bond acceptors (Lipinski definition) is 6. The summed E-state index contributed by atoms with van der Waals surface area (Å²) in [6.45, 7) is -0.816. The summed E-state index contributed by atoms with van der Waals surface area (Å²) in [6, 6.07) is 23.5. The number of aliphatic hydroxyl groups is 1. The maximum atomic E-state index is 13.5. The van der Waals surface area contributed by atoms with Crippen molar-refractivity contribution in [3.63, 3.8) is 0 Å². The molecule has 4 aromatic rings. The molecule has 9 nitrogen and oxygen atoms in total. The van der Waals surface area contributed by atoms with Crippen molar-refractivity contribution in [1.82, 2.24) is 14.9 Å². The van der Waals surface area contributed by atoms with Crippen molar-refractivity contribution in [2.75, 3.05) is 5.32 Å². The first-order valence-corrected chi connectivity index (χ1v) is 12.8. The molecule has 0 radical (unpaired) electrons. The minimum absolute atomic E-state index is 0.0370. The second-order valence-electron chi connectivity index (χ2n) is 9.29. The highest BCUT2D eigenvalue weighted by atomic mass is 19.4. The van der Waals surface area contributed by atoms with Crippen LogP contribution in [-0.2, 0) is 29.1 Å². The van der Waals surface area contributed by atoms with E-state index in [1.54, 1.807) is 91.0 Å². The quantitative estimate of drug-likeness (QED) is 0.257. The van der Waals surface area contributed by atoms with Crippen molar-refractivity contribution in [3.8, 4) is 11.4 Å². The zero-order valence-corrected chi connectivity index (χ0v) is 22.1. The Kier molecular flexibility index (Phi) is 9.71. The normalized spacial score (nSPS) is 12.7. The van der Waals surface area contributed by atoms with Crippen LogP contribution in [0.4, 0.5) is 23.7 Å². The topological polar surface area (TPSA) is 123 Å². The number of anilines is 1. The van der Waals surface area contributed by atoms with Crippen LogP contribution in [-0.4, -0.2) is 45.0 Å². The van der Waals surface area contributed by atoms with E-state index in [1.165, 1.54) is 0 Å². The molecule has 3 aromatic carbocycles. The van der Waals surface area contributed by atoms with Gasteiger partial charge in [-0.2, -0.15) is 13.2 Å². The fraction of sp³-hybridized carbons (Fsp3) is 0.200. The van der Waals surface area contributed by atoms with E-state index in [2.05, 4.69) is 15.6 Å². The third kappa shape index (κ3) is 8.04. The standard InChI is InChI=1S/C30H27F3N4O5/c31-30(32,33)26(39)23(16-20-10-4-1-5-11-20)35-25(38)18-37-27(22-14-8-3-9-15-22)34-17-24(28(37)40)36-29(41)42-19-21-12-6-2-7-13-21/h1-15,17,23,26,39H,16,18-19H2,(H,35,38)(H,36,41). The first-order valence-electron chi connectivity index (χ1n) is 12.8. The Labute approximate surface area is 238 Å². The molecule has 2 unspecified atom stereocenters. The number of aliphatic hydroxyl groups excluding tert-OH is 1. The van der Waals surface area contributed by atoms with E-state index in [4.69, 9.17) is 4.74 Å². The molecule has 4 rings (SSSR count). The van der Waals surface area contributed by atoms with Gasteiger partial charge in [-0.05, 0) is 17.5 Å². The number of alkyl halides is 3. The fourth-order valence-electron chi connectivity index (χ4n) is 4.15. The summed E-state index contributed by atoms with van der Waals surface area (Å²) in [4.78, 5) is 43.1. The highest BCUT2D eigenvalue weighted by Crippen LogP contribution is 2.24. The van der Waals surface area contributed by atoms with Crippen LogP contribution in [0.5, 0.6) is 0 Å². The Hall–Kier alpha value is -4.97. The van der Waals surface area contributed by atoms with E-state index < -0.39 is 42.4 Å². The lowest BCUT2D eigenvalue weighted by Gasteiger charge is -2.26. The summed E-state index contributed by atoms with van der Waals surface area (Å²) in [7, 11) is 0. The van der Waals surface area contributed by atoms with Crippen LogP contribution >= 0.6 is 0 Å². The molecule has 0 bridgehead atoms. The van der Waals surface area contributed by atoms with Gasteiger partial charge in [-0.1, -0.05) is 91.0 Å². The van der Waals surface area contributed by atoms with Gasteiger partial charge in [-0.25, -0.2) is 9.78 Å². The van der Waals surface area contributed by atoms with E-state index >= 15 is 0 Å². The zero-order valence-electron chi connectivity index (χ0n) is 22.1. The lowest BCUT2D eigenvalue weighted by atomic mass is 10.0. The van der Waals surface area contributed by atoms with Gasteiger partial charge in [-0.3, -0.25) is 19.5 Å². The van der Waals surface area contributed by atoms with Gasteiger partial charge in [0.2, 0.25) is 5.91 Å². The number of aromatic nitrogens is 2. The molecule has 0 aliphatic heterocycles. The largest absolute Gasteiger partial charge is 0.444 e. The summed E-state index contributed by atoms with van der Waals surface area (Å²) >= 11 is 0. The maximum Gasteiger partial charge on any atom is 0.416 e. The van der Waals surface area contributed by atoms with Crippen molar-refractivity contribution >= 4 is 17.7 Å². The minimum atomic E-state index is -5.01. The fourth-order valence-corrected chi connectivity index (χ4v) is 4.15. The van der Waals surface area contributed by atoms with Crippen molar-refractivity contribution in [1.29, 1.82) is 0 Å². The first kappa shape index (κ1) is 30.0. The van der Waals surface area contributed by atoms with Gasteiger partial charge in [0.05, 0.1) is 12.2 Å². The molecule has 0 saturated heterocycles. The maximum absolute atomic E-state index is 13.5. The molecule has 0 spiro atoms. The van der Waals surface area contributed by atoms with Gasteiger partial charge in [-0.15, -0.1) is 0 Å². The van der Waals surface area contributed by atoms with Crippen LogP contribution < -0.4 is 16.2 Å². The Morgan fingerprint density at radius 3 is 2.07 bits per heavy atom. The van der Waals surface area contributed by atoms with Crippen LogP contribution in [0.1, 0.15) is 11.1 Å². The molecule has 42 heavy (non-hydrogen) atoms. The smallest absolute Gasteiger partial charge is 0.416 e. The van der Waals surface area contributed by atoms with Crippen LogP contribution in [0.25, 0.3) is 11.4 Å². The van der Waals surface area contributed by atoms with Gasteiger partial charge in [0.25, 0.3) is 5.56 Å². The molecule has 0 aliphatic carbocycles. The van der Waals surface area contributed by atoms with Crippen LogP contribution in [0.3, 0.4) is 0 Å². The SMILES string of the molecule is O=C(Cn1c(-c2ccccc2)ncc(NC(=O)OCc2ccccc2)c1=O)NC(Cc1ccccc1)C(O)C(F)(F)F. The average molecular weight is 581 g/mol. The number of hydrogen-bond donors (Lipinski definition) is 3. The Morgan fingerprint density at radius 1 is 0.905 bits per heavy atom. The van der Waals surface area contributed by atoms with Gasteiger partial charge in [0.1, 0.15) is 24.7 Å².